The van der Waals surface area contributed by atoms with Gasteiger partial charge < -0.3 is 10.2 Å². The van der Waals surface area contributed by atoms with Crippen molar-refractivity contribution in [3.63, 3.8) is 0 Å². The van der Waals surface area contributed by atoms with Gasteiger partial charge in [0, 0.05) is 38.7 Å². The molecule has 4 heteroatoms. The molecule has 0 fully saturated rings. The molecule has 0 saturated carbocycles. The van der Waals surface area contributed by atoms with Crippen molar-refractivity contribution in [2.45, 2.75) is 13.0 Å². The summed E-state index contributed by atoms with van der Waals surface area (Å²) < 4.78 is 1.89. The fraction of sp³-hybridized carbons (Fsp3) is 0.357. The number of rotatable bonds is 4. The minimum Gasteiger partial charge on any atom is -0.378 e. The van der Waals surface area contributed by atoms with Crippen LogP contribution in [0.25, 0.3) is 0 Å². The van der Waals surface area contributed by atoms with Gasteiger partial charge in [0.25, 0.3) is 0 Å². The molecule has 96 valence electrons. The highest BCUT2D eigenvalue weighted by atomic mass is 15.3. The third kappa shape index (κ3) is 2.64. The predicted molar refractivity (Wildman–Crippen MR) is 76.0 cm³/mol. The van der Waals surface area contributed by atoms with Crippen LogP contribution in [-0.2, 0) is 7.05 Å². The molecule has 1 N–H and O–H groups in total. The van der Waals surface area contributed by atoms with E-state index >= 15 is 0 Å². The van der Waals surface area contributed by atoms with E-state index < -0.39 is 0 Å². The van der Waals surface area contributed by atoms with Gasteiger partial charge in [-0.2, -0.15) is 5.10 Å². The van der Waals surface area contributed by atoms with Crippen molar-refractivity contribution in [3.8, 4) is 0 Å². The van der Waals surface area contributed by atoms with E-state index in [1.54, 1.807) is 0 Å². The standard InChI is InChI=1S/C14H20N4/c1-11(14-9-10-15-18(14)4)16-12-5-7-13(8-6-12)17(2)3/h5-11,16H,1-4H3. The predicted octanol–water partition coefficient (Wildman–Crippen LogP) is 2.66. The minimum absolute atomic E-state index is 0.239. The second kappa shape index (κ2) is 5.12. The van der Waals surface area contributed by atoms with Crippen molar-refractivity contribution in [2.24, 2.45) is 7.05 Å². The molecule has 0 aliphatic carbocycles. The summed E-state index contributed by atoms with van der Waals surface area (Å²) in [6, 6.07) is 10.7. The number of nitrogens with one attached hydrogen (secondary N) is 1. The van der Waals surface area contributed by atoms with Gasteiger partial charge in [-0.05, 0) is 37.3 Å². The number of nitrogens with zero attached hydrogens (tertiary/aromatic N) is 3. The second-order valence-corrected chi connectivity index (χ2v) is 4.69. The quantitative estimate of drug-likeness (QED) is 0.897. The van der Waals surface area contributed by atoms with Gasteiger partial charge in [-0.1, -0.05) is 0 Å². The summed E-state index contributed by atoms with van der Waals surface area (Å²) >= 11 is 0. The maximum absolute atomic E-state index is 4.19. The SMILES string of the molecule is CC(Nc1ccc(N(C)C)cc1)c1ccnn1C. The second-order valence-electron chi connectivity index (χ2n) is 4.69. The van der Waals surface area contributed by atoms with Gasteiger partial charge in [-0.15, -0.1) is 0 Å². The van der Waals surface area contributed by atoms with Crippen LogP contribution in [0, 0.1) is 0 Å². The van der Waals surface area contributed by atoms with Crippen LogP contribution in [0.4, 0.5) is 11.4 Å². The lowest BCUT2D eigenvalue weighted by Crippen LogP contribution is -2.12. The Kier molecular flexibility index (Phi) is 3.55. The third-order valence-corrected chi connectivity index (χ3v) is 3.07. The van der Waals surface area contributed by atoms with Gasteiger partial charge in [0.1, 0.15) is 0 Å². The number of hydrogen-bond acceptors (Lipinski definition) is 3. The largest absolute Gasteiger partial charge is 0.378 e. The van der Waals surface area contributed by atoms with Crippen LogP contribution in [0.1, 0.15) is 18.7 Å². The van der Waals surface area contributed by atoms with E-state index in [0.29, 0.717) is 0 Å². The molecule has 0 radical (unpaired) electrons. The lowest BCUT2D eigenvalue weighted by atomic mass is 10.2. The third-order valence-electron chi connectivity index (χ3n) is 3.07. The van der Waals surface area contributed by atoms with Crippen LogP contribution in [0.15, 0.2) is 36.5 Å². The van der Waals surface area contributed by atoms with Gasteiger partial charge >= 0.3 is 0 Å². The zero-order valence-electron chi connectivity index (χ0n) is 11.4. The first-order valence-corrected chi connectivity index (χ1v) is 6.10. The number of aromatic nitrogens is 2. The zero-order valence-corrected chi connectivity index (χ0v) is 11.4. The van der Waals surface area contributed by atoms with E-state index in [-0.39, 0.29) is 6.04 Å². The summed E-state index contributed by atoms with van der Waals surface area (Å²) in [6.45, 7) is 2.14. The van der Waals surface area contributed by atoms with Gasteiger partial charge in [-0.3, -0.25) is 4.68 Å². The number of aryl methyl sites for hydroxylation is 1. The normalized spacial score (nSPS) is 12.2. The molecule has 4 nitrogen and oxygen atoms in total. The van der Waals surface area contributed by atoms with Crippen molar-refractivity contribution in [3.05, 3.63) is 42.2 Å². The fourth-order valence-corrected chi connectivity index (χ4v) is 1.99. The Morgan fingerprint density at radius 2 is 1.83 bits per heavy atom. The smallest absolute Gasteiger partial charge is 0.0653 e. The number of benzene rings is 1. The molecular weight excluding hydrogens is 224 g/mol. The van der Waals surface area contributed by atoms with E-state index in [0.717, 1.165) is 5.69 Å². The van der Waals surface area contributed by atoms with E-state index in [1.165, 1.54) is 11.4 Å². The summed E-state index contributed by atoms with van der Waals surface area (Å²) in [5.74, 6) is 0. The molecule has 2 aromatic rings. The first-order chi connectivity index (χ1) is 8.58. The van der Waals surface area contributed by atoms with Crippen molar-refractivity contribution < 1.29 is 0 Å². The van der Waals surface area contributed by atoms with Crippen LogP contribution >= 0.6 is 0 Å². The highest BCUT2D eigenvalue weighted by Crippen LogP contribution is 2.21. The molecule has 2 rings (SSSR count). The molecule has 18 heavy (non-hydrogen) atoms. The maximum Gasteiger partial charge on any atom is 0.0653 e. The lowest BCUT2D eigenvalue weighted by molar-refractivity contribution is 0.676. The number of hydrogen-bond donors (Lipinski definition) is 1. The highest BCUT2D eigenvalue weighted by Gasteiger charge is 2.08. The van der Waals surface area contributed by atoms with Crippen LogP contribution in [0.3, 0.4) is 0 Å². The minimum atomic E-state index is 0.239. The molecule has 0 saturated heterocycles. The van der Waals surface area contributed by atoms with Crippen LogP contribution in [0.2, 0.25) is 0 Å². The first kappa shape index (κ1) is 12.5. The molecule has 1 aromatic carbocycles. The van der Waals surface area contributed by atoms with Gasteiger partial charge in [0.15, 0.2) is 0 Å². The Labute approximate surface area is 108 Å². The fourth-order valence-electron chi connectivity index (χ4n) is 1.99. The Balaban J connectivity index is 2.08. The van der Waals surface area contributed by atoms with Crippen LogP contribution < -0.4 is 10.2 Å². The van der Waals surface area contributed by atoms with Crippen molar-refractivity contribution in [2.75, 3.05) is 24.3 Å². The van der Waals surface area contributed by atoms with E-state index in [2.05, 4.69) is 46.5 Å². The summed E-state index contributed by atoms with van der Waals surface area (Å²) in [7, 11) is 6.05. The zero-order chi connectivity index (χ0) is 13.1. The van der Waals surface area contributed by atoms with Gasteiger partial charge in [-0.25, -0.2) is 0 Å². The van der Waals surface area contributed by atoms with Gasteiger partial charge in [0.05, 0.1) is 11.7 Å². The molecule has 1 heterocycles. The molecule has 1 aromatic heterocycles. The molecule has 0 bridgehead atoms. The maximum atomic E-state index is 4.19. The van der Waals surface area contributed by atoms with Crippen molar-refractivity contribution in [1.82, 2.24) is 9.78 Å². The average Bonchev–Trinajstić information content (AvgIpc) is 2.76. The summed E-state index contributed by atoms with van der Waals surface area (Å²) in [5, 5.41) is 7.66. The van der Waals surface area contributed by atoms with Crippen molar-refractivity contribution >= 4 is 11.4 Å². The molecule has 0 spiro atoms. The van der Waals surface area contributed by atoms with E-state index in [4.69, 9.17) is 0 Å². The van der Waals surface area contributed by atoms with Crippen LogP contribution in [0.5, 0.6) is 0 Å². The van der Waals surface area contributed by atoms with E-state index in [1.807, 2.05) is 38.1 Å². The van der Waals surface area contributed by atoms with E-state index in [9.17, 15) is 0 Å². The Morgan fingerprint density at radius 1 is 1.17 bits per heavy atom. The Morgan fingerprint density at radius 3 is 2.33 bits per heavy atom. The summed E-state index contributed by atoms with van der Waals surface area (Å²) in [4.78, 5) is 2.09. The summed E-state index contributed by atoms with van der Waals surface area (Å²) in [5.41, 5.74) is 3.50. The molecule has 1 atom stereocenters. The monoisotopic (exact) mass is 244 g/mol. The lowest BCUT2D eigenvalue weighted by Gasteiger charge is -2.17. The summed E-state index contributed by atoms with van der Waals surface area (Å²) in [6.07, 6.45) is 1.82. The van der Waals surface area contributed by atoms with Crippen LogP contribution in [-0.4, -0.2) is 23.9 Å². The molecule has 0 aliphatic rings. The van der Waals surface area contributed by atoms with Gasteiger partial charge in [0.2, 0.25) is 0 Å². The molecule has 0 aliphatic heterocycles. The first-order valence-electron chi connectivity index (χ1n) is 6.10. The Hall–Kier alpha value is -1.97. The molecular formula is C14H20N4. The number of anilines is 2. The highest BCUT2D eigenvalue weighted by molar-refractivity contribution is 5.54. The Bertz CT molecular complexity index is 499. The van der Waals surface area contributed by atoms with Crippen molar-refractivity contribution in [1.29, 1.82) is 0 Å². The molecule has 1 unspecified atom stereocenters. The average molecular weight is 244 g/mol. The topological polar surface area (TPSA) is 33.1 Å². The molecule has 0 amide bonds.